The Balaban J connectivity index is 8.42. The van der Waals surface area contributed by atoms with Crippen molar-refractivity contribution >= 4 is 130 Å². The van der Waals surface area contributed by atoms with E-state index in [1.54, 1.807) is 0 Å². The molecule has 19 heteroatoms. The molecular weight excluding hydrogens is 1100 g/mol. The zero-order valence-corrected chi connectivity index (χ0v) is 41.2. The summed E-state index contributed by atoms with van der Waals surface area (Å²) in [5, 5.41) is 71.0. The fourth-order valence-electron chi connectivity index (χ4n) is 5.19. The number of ether oxygens (including phenoxy) is 1. The summed E-state index contributed by atoms with van der Waals surface area (Å²) >= 11 is 18.7. The zero-order valence-electron chi connectivity index (χ0n) is 31.7. The molecule has 308 valence electrons. The first-order valence-electron chi connectivity index (χ1n) is 16.2. The fraction of sp³-hybridized carbons (Fsp3) is 0.824. The number of aliphatic hydroxyl groups excluding tert-OH is 6. The van der Waals surface area contributed by atoms with Crippen LogP contribution in [-0.2, 0) is 33.5 Å². The summed E-state index contributed by atoms with van der Waals surface area (Å²) in [4.78, 5) is 82.5. The van der Waals surface area contributed by atoms with E-state index in [1.165, 1.54) is 83.1 Å². The Kier molecular flexibility index (Phi) is 18.5. The molecule has 0 saturated heterocycles. The molecule has 0 aromatic rings. The van der Waals surface area contributed by atoms with E-state index >= 15 is 0 Å². The Bertz CT molecular complexity index is 1130. The Morgan fingerprint density at radius 3 is 0.566 bits per heavy atom. The third kappa shape index (κ3) is 12.3. The van der Waals surface area contributed by atoms with Gasteiger partial charge < -0.3 is 35.4 Å². The van der Waals surface area contributed by atoms with E-state index in [9.17, 15) is 59.4 Å². The van der Waals surface area contributed by atoms with Crippen molar-refractivity contribution < 1.29 is 64.1 Å². The first-order valence-corrected chi connectivity index (χ1v) is 20.9. The van der Waals surface area contributed by atoms with Crippen LogP contribution < -0.4 is 0 Å². The summed E-state index contributed by atoms with van der Waals surface area (Å²) in [6.07, 6.45) is -15.6. The van der Waals surface area contributed by atoms with Crippen LogP contribution in [0.15, 0.2) is 0 Å². The van der Waals surface area contributed by atoms with Crippen molar-refractivity contribution in [2.45, 2.75) is 146 Å². The molecule has 0 aliphatic rings. The van der Waals surface area contributed by atoms with E-state index in [0.29, 0.717) is 0 Å². The Hall–Kier alpha value is 0.620. The second-order valence-corrected chi connectivity index (χ2v) is 28.0. The number of rotatable bonds is 22. The second-order valence-electron chi connectivity index (χ2n) is 16.2. The predicted octanol–water partition coefficient (Wildman–Crippen LogP) is 3.60. The van der Waals surface area contributed by atoms with Gasteiger partial charge in [-0.2, -0.15) is 0 Å². The van der Waals surface area contributed by atoms with Crippen molar-refractivity contribution in [2.75, 3.05) is 13.2 Å². The van der Waals surface area contributed by atoms with Crippen molar-refractivity contribution in [1.29, 1.82) is 0 Å². The van der Waals surface area contributed by atoms with E-state index in [-0.39, 0.29) is 0 Å². The molecule has 0 aromatic carbocycles. The minimum Gasteiger partial charge on any atom is -0.384 e. The highest BCUT2D eigenvalue weighted by atomic mass is 79.9. The van der Waals surface area contributed by atoms with Crippen molar-refractivity contribution in [3.8, 4) is 0 Å². The minimum atomic E-state index is -3.00. The third-order valence-electron chi connectivity index (χ3n) is 8.76. The topological polar surface area (TPSA) is 233 Å². The fourth-order valence-corrected chi connectivity index (χ4v) is 6.49. The van der Waals surface area contributed by atoms with Gasteiger partial charge >= 0.3 is 0 Å². The van der Waals surface area contributed by atoms with Gasteiger partial charge in [0, 0.05) is 0 Å². The SMILES string of the molecule is CC(C)(Br)C(=O)C(O)C(COCC(C(O)C(=O)C(C)(C)Br)(C(O)C(=O)C(C)(C)Br)C(O)C(=O)C(C)(C)Br)(C(O)C(=O)C(C)(C)Br)C(O)C(=O)C(C)(C)Br. The zero-order chi connectivity index (χ0) is 43.0. The van der Waals surface area contributed by atoms with Gasteiger partial charge in [0.15, 0.2) is 34.7 Å². The molecular formula is C34H52Br6O13. The third-order valence-corrected chi connectivity index (χ3v) is 11.1. The van der Waals surface area contributed by atoms with Gasteiger partial charge in [-0.25, -0.2) is 0 Å². The number of carbonyl (C=O) groups excluding carboxylic acids is 6. The molecule has 6 atom stereocenters. The van der Waals surface area contributed by atoms with E-state index in [2.05, 4.69) is 95.6 Å². The van der Waals surface area contributed by atoms with Crippen LogP contribution in [0.25, 0.3) is 0 Å². The van der Waals surface area contributed by atoms with Crippen LogP contribution >= 0.6 is 95.6 Å². The van der Waals surface area contributed by atoms with Gasteiger partial charge in [0.2, 0.25) is 0 Å². The van der Waals surface area contributed by atoms with E-state index in [1.807, 2.05) is 0 Å². The Morgan fingerprint density at radius 2 is 0.472 bits per heavy atom. The lowest BCUT2D eigenvalue weighted by molar-refractivity contribution is -0.209. The van der Waals surface area contributed by atoms with Crippen molar-refractivity contribution in [1.82, 2.24) is 0 Å². The van der Waals surface area contributed by atoms with E-state index in [4.69, 9.17) is 4.74 Å². The molecule has 0 spiro atoms. The summed E-state index contributed by atoms with van der Waals surface area (Å²) in [5.41, 5.74) is -6.01. The molecule has 0 rings (SSSR count). The van der Waals surface area contributed by atoms with Gasteiger partial charge in [0.25, 0.3) is 0 Å². The normalized spacial score (nSPS) is 19.5. The number of halogens is 6. The van der Waals surface area contributed by atoms with Crippen molar-refractivity contribution in [3.05, 3.63) is 0 Å². The first-order chi connectivity index (χ1) is 23.1. The number of aliphatic hydroxyl groups is 6. The van der Waals surface area contributed by atoms with Gasteiger partial charge in [0.05, 0.1) is 50.0 Å². The molecule has 0 fully saturated rings. The van der Waals surface area contributed by atoms with E-state index in [0.717, 1.165) is 0 Å². The molecule has 0 bridgehead atoms. The molecule has 13 nitrogen and oxygen atoms in total. The van der Waals surface area contributed by atoms with Gasteiger partial charge in [-0.05, 0) is 83.1 Å². The lowest BCUT2D eigenvalue weighted by atomic mass is 9.64. The Labute approximate surface area is 361 Å². The average molecular weight is 1150 g/mol. The molecule has 0 amide bonds. The average Bonchev–Trinajstić information content (AvgIpc) is 2.98. The summed E-state index contributed by atoms with van der Waals surface area (Å²) in [6, 6.07) is 0. The maximum Gasteiger partial charge on any atom is 0.178 e. The summed E-state index contributed by atoms with van der Waals surface area (Å²) in [6.45, 7) is 12.9. The number of Topliss-reactive ketones (excluding diaryl/α,β-unsaturated/α-hetero) is 6. The monoisotopic (exact) mass is 1140 g/mol. The molecule has 0 aliphatic heterocycles. The highest BCUT2D eigenvalue weighted by molar-refractivity contribution is 9.11. The van der Waals surface area contributed by atoms with Crippen LogP contribution in [0.3, 0.4) is 0 Å². The Morgan fingerprint density at radius 1 is 0.358 bits per heavy atom. The van der Waals surface area contributed by atoms with Gasteiger partial charge in [0.1, 0.15) is 36.6 Å². The van der Waals surface area contributed by atoms with Crippen LogP contribution in [-0.4, -0.2) is 141 Å². The summed E-state index contributed by atoms with van der Waals surface area (Å²) < 4.78 is -3.77. The number of ketones is 6. The number of alkyl halides is 6. The van der Waals surface area contributed by atoms with Crippen LogP contribution in [0.2, 0.25) is 0 Å². The molecule has 53 heavy (non-hydrogen) atoms. The predicted molar refractivity (Wildman–Crippen MR) is 220 cm³/mol. The maximum atomic E-state index is 13.8. The lowest BCUT2D eigenvalue weighted by Gasteiger charge is -2.48. The maximum absolute atomic E-state index is 13.8. The summed E-state index contributed by atoms with van der Waals surface area (Å²) in [7, 11) is 0. The molecule has 0 saturated carbocycles. The smallest absolute Gasteiger partial charge is 0.178 e. The van der Waals surface area contributed by atoms with Crippen LogP contribution in [0.5, 0.6) is 0 Å². The van der Waals surface area contributed by atoms with Crippen LogP contribution in [0.4, 0.5) is 0 Å². The molecule has 0 aliphatic carbocycles. The number of hydrogen-bond acceptors (Lipinski definition) is 13. The van der Waals surface area contributed by atoms with Gasteiger partial charge in [-0.3, -0.25) is 28.8 Å². The van der Waals surface area contributed by atoms with Gasteiger partial charge in [-0.15, -0.1) is 0 Å². The lowest BCUT2D eigenvalue weighted by Crippen LogP contribution is -2.69. The molecule has 0 heterocycles. The molecule has 0 radical (unpaired) electrons. The van der Waals surface area contributed by atoms with Crippen LogP contribution in [0, 0.1) is 10.8 Å². The molecule has 6 unspecified atom stereocenters. The minimum absolute atomic E-state index is 1.14. The highest BCUT2D eigenvalue weighted by Crippen LogP contribution is 2.45. The first kappa shape index (κ1) is 53.6. The van der Waals surface area contributed by atoms with Crippen molar-refractivity contribution in [2.24, 2.45) is 10.8 Å². The standard InChI is InChI=1S/C34H52Br6O13/c1-27(2,35)15(41)21(47)33(22(48)16(42)28(3,4)36,23(49)17(43)29(5,6)37)13-53-14-34(24(50)18(44)30(7,8)38,25(51)19(45)31(9,10)39)26(52)20(46)32(11,12)40/h21-26,47-52H,13-14H2,1-12H3. The summed E-state index contributed by atoms with van der Waals surface area (Å²) in [5.74, 6) is -6.86. The number of carbonyl (C=O) groups is 6. The number of hydrogen-bond donors (Lipinski definition) is 6. The highest BCUT2D eigenvalue weighted by Gasteiger charge is 2.64. The largest absolute Gasteiger partial charge is 0.384 e. The quantitative estimate of drug-likeness (QED) is 0.0853. The van der Waals surface area contributed by atoms with Crippen LogP contribution in [0.1, 0.15) is 83.1 Å². The van der Waals surface area contributed by atoms with Gasteiger partial charge in [-0.1, -0.05) is 95.6 Å². The van der Waals surface area contributed by atoms with Crippen molar-refractivity contribution in [3.63, 3.8) is 0 Å². The second kappa shape index (κ2) is 18.3. The molecule has 0 aromatic heterocycles. The molecule has 6 N–H and O–H groups in total. The van der Waals surface area contributed by atoms with E-state index < -0.39 is 121 Å².